The highest BCUT2D eigenvalue weighted by Crippen LogP contribution is 2.40. The minimum Gasteiger partial charge on any atom is -0.372 e. The van der Waals surface area contributed by atoms with Gasteiger partial charge in [0.25, 0.3) is 0 Å². The highest BCUT2D eigenvalue weighted by atomic mass is 19.4. The molecule has 4 unspecified atom stereocenters. The van der Waals surface area contributed by atoms with E-state index in [0.717, 1.165) is 136 Å². The Morgan fingerprint density at radius 1 is 0.393 bits per heavy atom. The van der Waals surface area contributed by atoms with Gasteiger partial charge in [-0.3, -0.25) is 18.7 Å². The van der Waals surface area contributed by atoms with Crippen LogP contribution in [0.1, 0.15) is 130 Å². The van der Waals surface area contributed by atoms with E-state index in [4.69, 9.17) is 0 Å². The van der Waals surface area contributed by atoms with Gasteiger partial charge in [0, 0.05) is 129 Å². The van der Waals surface area contributed by atoms with Crippen molar-refractivity contribution in [3.8, 4) is 0 Å². The topological polar surface area (TPSA) is 368 Å². The van der Waals surface area contributed by atoms with Crippen LogP contribution in [-0.4, -0.2) is 156 Å². The van der Waals surface area contributed by atoms with E-state index in [1.165, 1.54) is 28.2 Å². The molecule has 0 fully saturated rings. The number of imidazole rings is 2. The number of hydrogen-bond donors (Lipinski definition) is 8. The third-order valence-electron chi connectivity index (χ3n) is 19.2. The molecule has 8 N–H and O–H groups in total. The van der Waals surface area contributed by atoms with E-state index in [2.05, 4.69) is 151 Å². The van der Waals surface area contributed by atoms with Crippen LogP contribution >= 0.6 is 0 Å². The number of halogens is 12. The zero-order valence-electron chi connectivity index (χ0n) is 61.5. The van der Waals surface area contributed by atoms with Crippen molar-refractivity contribution in [2.75, 3.05) is 70.7 Å². The minimum atomic E-state index is -4.53. The predicted octanol–water partition coefficient (Wildman–Crippen LogP) is 11.7. The number of alkyl halides is 12. The Hall–Kier alpha value is -12.6. The second-order valence-corrected chi connectivity index (χ2v) is 26.2. The average molecular weight is 1570 g/mol. The average Bonchev–Trinajstić information content (AvgIpc) is 1.62. The fraction of sp³-hybridized carbons (Fsp3) is 0.424. The van der Waals surface area contributed by atoms with E-state index < -0.39 is 47.0 Å². The first-order chi connectivity index (χ1) is 53.3. The summed E-state index contributed by atoms with van der Waals surface area (Å²) in [5.41, 5.74) is 1.92. The van der Waals surface area contributed by atoms with Gasteiger partial charge in [-0.1, -0.05) is 0 Å². The van der Waals surface area contributed by atoms with Crippen LogP contribution in [-0.2, 0) is 63.7 Å². The van der Waals surface area contributed by atoms with Crippen molar-refractivity contribution in [1.82, 2.24) is 128 Å². The van der Waals surface area contributed by atoms with Gasteiger partial charge in [0.1, 0.15) is 92.6 Å². The lowest BCUT2D eigenvalue weighted by Crippen LogP contribution is -2.25. The minimum absolute atomic E-state index is 0.0237. The van der Waals surface area contributed by atoms with Gasteiger partial charge in [0.15, 0.2) is 0 Å². The van der Waals surface area contributed by atoms with Crippen LogP contribution in [0.2, 0.25) is 0 Å². The monoisotopic (exact) mass is 1570 g/mol. The van der Waals surface area contributed by atoms with Crippen molar-refractivity contribution in [3.63, 3.8) is 0 Å². The number of hydrogen-bond acceptors (Lipinski definition) is 26. The van der Waals surface area contributed by atoms with Crippen molar-refractivity contribution < 1.29 is 52.7 Å². The van der Waals surface area contributed by atoms with Crippen molar-refractivity contribution in [3.05, 3.63) is 154 Å². The maximum absolute atomic E-state index is 13.0. The number of anilines is 12. The fourth-order valence-electron chi connectivity index (χ4n) is 13.4. The molecule has 46 heteroatoms. The number of aromatic nitrogens is 26. The van der Waals surface area contributed by atoms with E-state index in [0.29, 0.717) is 34.1 Å². The summed E-state index contributed by atoms with van der Waals surface area (Å²) >= 11 is 0. The molecular formula is C66H74F12N34. The van der Waals surface area contributed by atoms with Crippen LogP contribution in [0.3, 0.4) is 0 Å². The number of nitrogens with one attached hydrogen (secondary N) is 8. The zero-order chi connectivity index (χ0) is 79.9. The molecule has 0 saturated carbocycles. The Kier molecular flexibility index (Phi) is 21.5. The lowest BCUT2D eigenvalue weighted by atomic mass is 10.1. The van der Waals surface area contributed by atoms with Crippen molar-refractivity contribution in [2.24, 2.45) is 0 Å². The van der Waals surface area contributed by atoms with Gasteiger partial charge in [0.05, 0.1) is 70.0 Å². The highest BCUT2D eigenvalue weighted by Gasteiger charge is 2.40. The SMILES string of the molecule is CNc1nc(Nc2cn(C3CCc4nnc(C)n4C3)nc2C)ncc1C(F)(F)F.CNc1nc(Nc2cn(C3CCn4ccnc43)nc2C)ncc1C(F)(F)F.CNc1nc(Nc2cnn(C3CCc4nnc(C)n4C3)c2C)ncc1C(F)(F)F.CNc1nc(Nc2cnn(C3CCn4ccnc43)c2C)ncc1C(F)(F)F. The first-order valence-electron chi connectivity index (χ1n) is 34.8. The van der Waals surface area contributed by atoms with Crippen LogP contribution in [0, 0.1) is 41.5 Å². The van der Waals surface area contributed by atoms with E-state index in [1.807, 2.05) is 78.9 Å². The molecule has 16 heterocycles. The maximum atomic E-state index is 13.0. The molecule has 16 rings (SSSR count). The molecule has 0 spiro atoms. The van der Waals surface area contributed by atoms with Crippen molar-refractivity contribution in [2.45, 2.75) is 155 Å². The normalized spacial score (nSPS) is 16.5. The second-order valence-electron chi connectivity index (χ2n) is 26.2. The van der Waals surface area contributed by atoms with Gasteiger partial charge >= 0.3 is 24.7 Å². The predicted molar refractivity (Wildman–Crippen MR) is 382 cm³/mol. The van der Waals surface area contributed by atoms with Crippen molar-refractivity contribution in [1.29, 1.82) is 0 Å². The van der Waals surface area contributed by atoms with E-state index in [1.54, 1.807) is 31.0 Å². The second kappa shape index (κ2) is 31.1. The van der Waals surface area contributed by atoms with Crippen LogP contribution in [0.4, 0.5) is 122 Å². The number of fused-ring (bicyclic) bond motifs is 4. The Balaban J connectivity index is 0.000000131. The largest absolute Gasteiger partial charge is 0.421 e. The molecule has 12 aromatic rings. The molecule has 4 atom stereocenters. The molecule has 0 radical (unpaired) electrons. The Labute approximate surface area is 628 Å². The summed E-state index contributed by atoms with van der Waals surface area (Å²) in [6.45, 7) is 14.4. The summed E-state index contributed by atoms with van der Waals surface area (Å²) in [5.74, 6) is 4.63. The molecule has 12 aromatic heterocycles. The van der Waals surface area contributed by atoms with Gasteiger partial charge in [-0.15, -0.1) is 20.4 Å². The van der Waals surface area contributed by atoms with E-state index >= 15 is 0 Å². The molecule has 34 nitrogen and oxygen atoms in total. The molecule has 0 saturated heterocycles. The number of rotatable bonds is 16. The Morgan fingerprint density at radius 3 is 1.17 bits per heavy atom. The van der Waals surface area contributed by atoms with E-state index in [9.17, 15) is 52.7 Å². The highest BCUT2D eigenvalue weighted by molar-refractivity contribution is 5.62. The Bertz CT molecular complexity index is 5190. The molecule has 0 aliphatic carbocycles. The zero-order valence-corrected chi connectivity index (χ0v) is 61.5. The molecule has 112 heavy (non-hydrogen) atoms. The molecule has 0 aromatic carbocycles. The maximum Gasteiger partial charge on any atom is 0.421 e. The summed E-state index contributed by atoms with van der Waals surface area (Å²) in [6.07, 6.45) is 4.29. The van der Waals surface area contributed by atoms with Gasteiger partial charge in [0.2, 0.25) is 23.8 Å². The summed E-state index contributed by atoms with van der Waals surface area (Å²) in [6, 6.07) is 0.314. The molecule has 592 valence electrons. The summed E-state index contributed by atoms with van der Waals surface area (Å²) in [4.78, 5) is 39.7. The number of nitrogens with zero attached hydrogens (tertiary/aromatic N) is 26. The lowest BCUT2D eigenvalue weighted by Gasteiger charge is -2.25. The van der Waals surface area contributed by atoms with Gasteiger partial charge < -0.3 is 60.8 Å². The smallest absolute Gasteiger partial charge is 0.372 e. The van der Waals surface area contributed by atoms with Crippen LogP contribution < -0.4 is 42.5 Å². The first-order valence-corrected chi connectivity index (χ1v) is 34.8. The standard InChI is InChI=1S/2C17H20F3N9.2C16H17F3N8/c1-9-13(24-16-22-6-12(17(18,19)20)15(21-3)25-16)7-23-29(9)11-4-5-14-27-26-10(2)28(14)8-11;1-9-13(23-16-22-6-12(17(18,19)20)15(21-3)24-16)8-29(27-9)11-4-5-14-26-25-10(2)28(14)7-11;1-9-11(8-27(25-9)12-3-5-26-6-4-21-14(12)26)23-15-22-7-10(16(17,18)19)13(20-2)24-15;1-9-11(8-23-27(9)12-3-5-26-6-4-21-14(12)26)24-15-22-7-10(16(17,18)19)13(20-2)25-15/h6-7,11H,4-5,8H2,1-3H3,(H2,21,22,24,25);6,8,11H,4-5,7H2,1-3H3,(H2,21,22,23,24);4,6-8,12H,3,5H2,1-2H3,(H2,20,22,23,24);4,6-8,12H,3,5H2,1-2H3,(H2,20,22,24,25). The number of aryl methyl sites for hydroxylation is 8. The fourth-order valence-corrected chi connectivity index (χ4v) is 13.4. The van der Waals surface area contributed by atoms with Crippen LogP contribution in [0.25, 0.3) is 0 Å². The molecular weight excluding hydrogens is 1500 g/mol. The summed E-state index contributed by atoms with van der Waals surface area (Å²) in [5, 5.41) is 56.2. The van der Waals surface area contributed by atoms with Crippen LogP contribution in [0.15, 0.2) is 74.4 Å². The van der Waals surface area contributed by atoms with Crippen molar-refractivity contribution >= 4 is 69.8 Å². The Morgan fingerprint density at radius 2 is 0.750 bits per heavy atom. The van der Waals surface area contributed by atoms with Gasteiger partial charge in [-0.2, -0.15) is 93.0 Å². The summed E-state index contributed by atoms with van der Waals surface area (Å²) < 4.78 is 172. The summed E-state index contributed by atoms with van der Waals surface area (Å²) in [7, 11) is 5.53. The quantitative estimate of drug-likeness (QED) is 0.0417. The van der Waals surface area contributed by atoms with E-state index in [-0.39, 0.29) is 71.2 Å². The third-order valence-corrected chi connectivity index (χ3v) is 19.2. The molecule has 4 aliphatic heterocycles. The lowest BCUT2D eigenvalue weighted by molar-refractivity contribution is -0.138. The molecule has 0 amide bonds. The molecule has 0 bridgehead atoms. The molecule has 4 aliphatic rings. The van der Waals surface area contributed by atoms with Gasteiger partial charge in [-0.25, -0.2) is 29.9 Å². The van der Waals surface area contributed by atoms with Crippen LogP contribution in [0.5, 0.6) is 0 Å². The third kappa shape index (κ3) is 16.3. The first kappa shape index (κ1) is 77.6. The van der Waals surface area contributed by atoms with Gasteiger partial charge in [-0.05, 0) is 67.2 Å².